The monoisotopic (exact) mass is 298 g/mol. The lowest BCUT2D eigenvalue weighted by Crippen LogP contribution is -2.34. The van der Waals surface area contributed by atoms with E-state index in [0.717, 1.165) is 4.90 Å². The Labute approximate surface area is 126 Å². The molecule has 2 aromatic carbocycles. The summed E-state index contributed by atoms with van der Waals surface area (Å²) in [6, 6.07) is 11.6. The van der Waals surface area contributed by atoms with Crippen LogP contribution in [0.3, 0.4) is 0 Å². The minimum atomic E-state index is -0.667. The Kier molecular flexibility index (Phi) is 3.42. The summed E-state index contributed by atoms with van der Waals surface area (Å²) in [5.41, 5.74) is 0.992. The van der Waals surface area contributed by atoms with E-state index >= 15 is 0 Å². The molecule has 6 nitrogen and oxygen atoms in total. The molecule has 1 aliphatic heterocycles. The van der Waals surface area contributed by atoms with Gasteiger partial charge in [0.25, 0.3) is 5.91 Å². The predicted octanol–water partition coefficient (Wildman–Crippen LogP) is 1.84. The van der Waals surface area contributed by atoms with E-state index in [4.69, 9.17) is 0 Å². The Morgan fingerprint density at radius 2 is 1.73 bits per heavy atom. The molecule has 1 atom stereocenters. The predicted molar refractivity (Wildman–Crippen MR) is 80.7 cm³/mol. The topological polar surface area (TPSA) is 89.9 Å². The van der Waals surface area contributed by atoms with E-state index in [-0.39, 0.29) is 29.7 Å². The zero-order valence-electron chi connectivity index (χ0n) is 11.6. The Morgan fingerprint density at radius 1 is 1.00 bits per heavy atom. The number of phenols is 2. The number of benzene rings is 2. The summed E-state index contributed by atoms with van der Waals surface area (Å²) < 4.78 is 0. The number of carbonyl (C=O) groups is 2. The number of hydrogen-bond acceptors (Lipinski definition) is 5. The number of anilines is 2. The quantitative estimate of drug-likeness (QED) is 0.594. The molecule has 0 aromatic heterocycles. The first-order chi connectivity index (χ1) is 10.5. The van der Waals surface area contributed by atoms with Gasteiger partial charge in [0.15, 0.2) is 0 Å². The molecule has 1 fully saturated rings. The van der Waals surface area contributed by atoms with Crippen LogP contribution in [0, 0.1) is 0 Å². The van der Waals surface area contributed by atoms with Crippen LogP contribution in [-0.2, 0) is 9.59 Å². The highest BCUT2D eigenvalue weighted by molar-refractivity contribution is 6.23. The van der Waals surface area contributed by atoms with Gasteiger partial charge in [-0.2, -0.15) is 0 Å². The second-order valence-corrected chi connectivity index (χ2v) is 5.04. The number of hydrogen-bond donors (Lipinski definition) is 3. The van der Waals surface area contributed by atoms with Gasteiger partial charge < -0.3 is 15.5 Å². The number of rotatable bonds is 3. The molecular weight excluding hydrogens is 284 g/mol. The van der Waals surface area contributed by atoms with E-state index in [1.165, 1.54) is 24.3 Å². The Balaban J connectivity index is 1.81. The summed E-state index contributed by atoms with van der Waals surface area (Å²) in [6.07, 6.45) is 0.0371. The van der Waals surface area contributed by atoms with Crippen molar-refractivity contribution in [3.8, 4) is 11.5 Å². The summed E-state index contributed by atoms with van der Waals surface area (Å²) in [6.45, 7) is 0. The fraction of sp³-hybridized carbons (Fsp3) is 0.125. The van der Waals surface area contributed by atoms with Crippen LogP contribution in [0.25, 0.3) is 0 Å². The van der Waals surface area contributed by atoms with Crippen molar-refractivity contribution in [3.05, 3.63) is 48.5 Å². The molecule has 0 radical (unpaired) electrons. The fourth-order valence-electron chi connectivity index (χ4n) is 2.41. The molecule has 112 valence electrons. The maximum atomic E-state index is 12.4. The lowest BCUT2D eigenvalue weighted by molar-refractivity contribution is -0.121. The Morgan fingerprint density at radius 3 is 2.41 bits per heavy atom. The molecule has 0 bridgehead atoms. The van der Waals surface area contributed by atoms with Crippen molar-refractivity contribution in [2.24, 2.45) is 0 Å². The van der Waals surface area contributed by atoms with Gasteiger partial charge in [-0.15, -0.1) is 0 Å². The second kappa shape index (κ2) is 5.40. The maximum Gasteiger partial charge on any atom is 0.256 e. The molecular formula is C16H14N2O4. The fourth-order valence-corrected chi connectivity index (χ4v) is 2.41. The molecule has 6 heteroatoms. The number of aromatic hydroxyl groups is 2. The van der Waals surface area contributed by atoms with E-state index in [1.807, 2.05) is 0 Å². The highest BCUT2D eigenvalue weighted by Gasteiger charge is 2.39. The lowest BCUT2D eigenvalue weighted by Gasteiger charge is -2.16. The van der Waals surface area contributed by atoms with Crippen molar-refractivity contribution in [1.82, 2.24) is 0 Å². The molecule has 0 saturated carbocycles. The molecule has 22 heavy (non-hydrogen) atoms. The van der Waals surface area contributed by atoms with E-state index in [1.54, 1.807) is 24.3 Å². The van der Waals surface area contributed by atoms with Crippen LogP contribution in [0.1, 0.15) is 6.42 Å². The van der Waals surface area contributed by atoms with Crippen molar-refractivity contribution in [1.29, 1.82) is 0 Å². The van der Waals surface area contributed by atoms with E-state index in [2.05, 4.69) is 5.32 Å². The molecule has 2 amide bonds. The molecule has 1 unspecified atom stereocenters. The van der Waals surface area contributed by atoms with Crippen LogP contribution < -0.4 is 10.2 Å². The van der Waals surface area contributed by atoms with Crippen molar-refractivity contribution >= 4 is 23.2 Å². The van der Waals surface area contributed by atoms with Gasteiger partial charge in [-0.1, -0.05) is 6.07 Å². The molecule has 3 rings (SSSR count). The molecule has 2 aromatic rings. The summed E-state index contributed by atoms with van der Waals surface area (Å²) in [7, 11) is 0. The molecule has 1 heterocycles. The third-order valence-electron chi connectivity index (χ3n) is 3.44. The number of amides is 2. The Bertz CT molecular complexity index is 727. The smallest absolute Gasteiger partial charge is 0.256 e. The van der Waals surface area contributed by atoms with Gasteiger partial charge in [-0.05, 0) is 36.4 Å². The van der Waals surface area contributed by atoms with Crippen molar-refractivity contribution in [3.63, 3.8) is 0 Å². The summed E-state index contributed by atoms with van der Waals surface area (Å²) in [5.74, 6) is -0.579. The lowest BCUT2D eigenvalue weighted by atomic mass is 10.2. The average Bonchev–Trinajstić information content (AvgIpc) is 2.76. The number of nitrogens with one attached hydrogen (secondary N) is 1. The van der Waals surface area contributed by atoms with Gasteiger partial charge in [0.2, 0.25) is 5.91 Å². The summed E-state index contributed by atoms with van der Waals surface area (Å²) in [4.78, 5) is 25.6. The summed E-state index contributed by atoms with van der Waals surface area (Å²) in [5, 5.41) is 21.7. The van der Waals surface area contributed by atoms with Crippen LogP contribution in [-0.4, -0.2) is 28.1 Å². The standard InChI is InChI=1S/C16H14N2O4/c19-12-6-4-10(5-7-12)17-14-9-15(21)18(16(14)22)11-2-1-3-13(20)8-11/h1-8,14,17,19-20H,9H2. The van der Waals surface area contributed by atoms with Gasteiger partial charge in [-0.3, -0.25) is 9.59 Å². The van der Waals surface area contributed by atoms with Crippen LogP contribution in [0.5, 0.6) is 11.5 Å². The number of imide groups is 1. The van der Waals surface area contributed by atoms with Crippen molar-refractivity contribution in [2.75, 3.05) is 10.2 Å². The van der Waals surface area contributed by atoms with Gasteiger partial charge in [0.05, 0.1) is 12.1 Å². The van der Waals surface area contributed by atoms with Crippen molar-refractivity contribution < 1.29 is 19.8 Å². The molecule has 1 aliphatic rings. The van der Waals surface area contributed by atoms with Crippen LogP contribution in [0.2, 0.25) is 0 Å². The second-order valence-electron chi connectivity index (χ2n) is 5.04. The first-order valence-electron chi connectivity index (χ1n) is 6.76. The molecule has 3 N–H and O–H groups in total. The Hall–Kier alpha value is -3.02. The zero-order chi connectivity index (χ0) is 15.7. The highest BCUT2D eigenvalue weighted by atomic mass is 16.3. The van der Waals surface area contributed by atoms with E-state index in [0.29, 0.717) is 11.4 Å². The van der Waals surface area contributed by atoms with Crippen LogP contribution in [0.15, 0.2) is 48.5 Å². The van der Waals surface area contributed by atoms with Gasteiger partial charge in [-0.25, -0.2) is 4.90 Å². The van der Waals surface area contributed by atoms with Gasteiger partial charge in [0, 0.05) is 11.8 Å². The largest absolute Gasteiger partial charge is 0.508 e. The normalized spacial score (nSPS) is 17.8. The molecule has 0 spiro atoms. The third-order valence-corrected chi connectivity index (χ3v) is 3.44. The minimum Gasteiger partial charge on any atom is -0.508 e. The zero-order valence-corrected chi connectivity index (χ0v) is 11.6. The van der Waals surface area contributed by atoms with E-state index in [9.17, 15) is 19.8 Å². The SMILES string of the molecule is O=C1CC(Nc2ccc(O)cc2)C(=O)N1c1cccc(O)c1. The minimum absolute atomic E-state index is 0.00644. The third kappa shape index (κ3) is 2.58. The summed E-state index contributed by atoms with van der Waals surface area (Å²) >= 11 is 0. The first-order valence-corrected chi connectivity index (χ1v) is 6.76. The van der Waals surface area contributed by atoms with Crippen molar-refractivity contribution in [2.45, 2.75) is 12.5 Å². The van der Waals surface area contributed by atoms with Crippen LogP contribution in [0.4, 0.5) is 11.4 Å². The number of carbonyl (C=O) groups excluding carboxylic acids is 2. The average molecular weight is 298 g/mol. The highest BCUT2D eigenvalue weighted by Crippen LogP contribution is 2.27. The van der Waals surface area contributed by atoms with Crippen LogP contribution >= 0.6 is 0 Å². The molecule has 0 aliphatic carbocycles. The van der Waals surface area contributed by atoms with Gasteiger partial charge >= 0.3 is 0 Å². The number of nitrogens with zero attached hydrogens (tertiary/aromatic N) is 1. The van der Waals surface area contributed by atoms with E-state index < -0.39 is 6.04 Å². The van der Waals surface area contributed by atoms with Gasteiger partial charge in [0.1, 0.15) is 17.5 Å². The number of phenolic OH excluding ortho intramolecular Hbond substituents is 2. The first kappa shape index (κ1) is 13.9. The maximum absolute atomic E-state index is 12.4. The molecule has 1 saturated heterocycles.